The zero-order valence-corrected chi connectivity index (χ0v) is 16.8. The van der Waals surface area contributed by atoms with Crippen LogP contribution in [0.1, 0.15) is 23.2 Å². The van der Waals surface area contributed by atoms with E-state index in [0.29, 0.717) is 0 Å². The number of aryl methyl sites for hydroxylation is 2. The van der Waals surface area contributed by atoms with E-state index in [1.54, 1.807) is 24.6 Å². The Morgan fingerprint density at radius 1 is 1.35 bits per heavy atom. The van der Waals surface area contributed by atoms with Crippen molar-refractivity contribution in [3.63, 3.8) is 0 Å². The van der Waals surface area contributed by atoms with Crippen LogP contribution in [0.3, 0.4) is 0 Å². The van der Waals surface area contributed by atoms with Gasteiger partial charge in [0.05, 0.1) is 11.3 Å². The number of nitrogens with zero attached hydrogens (tertiary/aromatic N) is 4. The second-order valence-electron chi connectivity index (χ2n) is 4.90. The van der Waals surface area contributed by atoms with E-state index in [1.165, 1.54) is 9.88 Å². The monoisotopic (exact) mass is 448 g/mol. The molecule has 2 N–H and O–H groups in total. The van der Waals surface area contributed by atoms with Crippen molar-refractivity contribution in [3.05, 3.63) is 34.8 Å². The van der Waals surface area contributed by atoms with Gasteiger partial charge in [-0.05, 0) is 12.8 Å². The van der Waals surface area contributed by atoms with Crippen molar-refractivity contribution < 1.29 is 0 Å². The molecule has 0 amide bonds. The third kappa shape index (κ3) is 7.30. The Morgan fingerprint density at radius 3 is 2.83 bits per heavy atom. The van der Waals surface area contributed by atoms with Crippen LogP contribution in [0.4, 0.5) is 0 Å². The van der Waals surface area contributed by atoms with E-state index < -0.39 is 0 Å². The van der Waals surface area contributed by atoms with Gasteiger partial charge >= 0.3 is 0 Å². The topological polar surface area (TPSA) is 67.1 Å². The lowest BCUT2D eigenvalue weighted by Crippen LogP contribution is -2.38. The lowest BCUT2D eigenvalue weighted by atomic mass is 10.4. The third-order valence-corrected chi connectivity index (χ3v) is 4.45. The molecule has 0 bridgehead atoms. The largest absolute Gasteiger partial charge is 0.356 e. The first-order valence-corrected chi connectivity index (χ1v) is 8.47. The summed E-state index contributed by atoms with van der Waals surface area (Å²) in [6, 6.07) is 0. The number of aromatic nitrogens is 3. The number of rotatable bonds is 8. The molecule has 6 nitrogen and oxygen atoms in total. The van der Waals surface area contributed by atoms with Crippen LogP contribution < -0.4 is 10.6 Å². The average molecular weight is 448 g/mol. The van der Waals surface area contributed by atoms with Crippen molar-refractivity contribution in [2.75, 3.05) is 20.1 Å². The number of guanidine groups is 1. The maximum Gasteiger partial charge on any atom is 0.190 e. The van der Waals surface area contributed by atoms with E-state index in [1.807, 2.05) is 18.7 Å². The van der Waals surface area contributed by atoms with E-state index in [-0.39, 0.29) is 24.0 Å². The molecule has 0 atom stereocenters. The SMILES string of the molecule is CCc1cnc(CCNC(=NC)NCCCn2ccnc2)s1.I. The van der Waals surface area contributed by atoms with Gasteiger partial charge in [0, 0.05) is 56.6 Å². The van der Waals surface area contributed by atoms with Gasteiger partial charge in [0.2, 0.25) is 0 Å². The van der Waals surface area contributed by atoms with Gasteiger partial charge in [0.1, 0.15) is 0 Å². The zero-order chi connectivity index (χ0) is 15.6. The molecule has 0 saturated carbocycles. The normalized spacial score (nSPS) is 11.1. The lowest BCUT2D eigenvalue weighted by Gasteiger charge is -2.11. The summed E-state index contributed by atoms with van der Waals surface area (Å²) in [5.41, 5.74) is 0. The van der Waals surface area contributed by atoms with Crippen LogP contribution in [-0.2, 0) is 19.4 Å². The van der Waals surface area contributed by atoms with Crippen LogP contribution >= 0.6 is 35.3 Å². The van der Waals surface area contributed by atoms with Gasteiger partial charge in [-0.1, -0.05) is 6.92 Å². The smallest absolute Gasteiger partial charge is 0.190 e. The second-order valence-corrected chi connectivity index (χ2v) is 6.10. The standard InChI is InChI=1S/C15H24N6S.HI/c1-3-13-11-20-14(22-13)5-7-19-15(16-2)18-6-4-9-21-10-8-17-12-21;/h8,10-12H,3-7,9H2,1-2H3,(H2,16,18,19);1H. The summed E-state index contributed by atoms with van der Waals surface area (Å²) in [6.45, 7) is 4.85. The number of imidazole rings is 1. The molecule has 0 fully saturated rings. The number of aliphatic imine (C=N–C) groups is 1. The van der Waals surface area contributed by atoms with Crippen LogP contribution in [0, 0.1) is 0 Å². The van der Waals surface area contributed by atoms with Crippen molar-refractivity contribution in [1.29, 1.82) is 0 Å². The van der Waals surface area contributed by atoms with E-state index in [9.17, 15) is 0 Å². The summed E-state index contributed by atoms with van der Waals surface area (Å²) in [5, 5.41) is 7.83. The van der Waals surface area contributed by atoms with Gasteiger partial charge in [0.25, 0.3) is 0 Å². The second kappa shape index (κ2) is 11.4. The Balaban J connectivity index is 0.00000264. The molecule has 0 aliphatic heterocycles. The minimum Gasteiger partial charge on any atom is -0.356 e. The molecule has 0 spiro atoms. The molecule has 2 aromatic heterocycles. The molecule has 0 aromatic carbocycles. The number of hydrogen-bond donors (Lipinski definition) is 2. The van der Waals surface area contributed by atoms with Crippen LogP contribution in [0.5, 0.6) is 0 Å². The quantitative estimate of drug-likeness (QED) is 0.282. The maximum atomic E-state index is 4.42. The van der Waals surface area contributed by atoms with Crippen molar-refractivity contribution >= 4 is 41.3 Å². The molecule has 0 aliphatic rings. The van der Waals surface area contributed by atoms with Gasteiger partial charge in [-0.15, -0.1) is 35.3 Å². The lowest BCUT2D eigenvalue weighted by molar-refractivity contribution is 0.624. The molecule has 0 aliphatic carbocycles. The van der Waals surface area contributed by atoms with Gasteiger partial charge in [-0.25, -0.2) is 9.97 Å². The molecule has 2 rings (SSSR count). The summed E-state index contributed by atoms with van der Waals surface area (Å²) in [5.74, 6) is 0.845. The molecule has 2 aromatic rings. The Morgan fingerprint density at radius 2 is 2.17 bits per heavy atom. The van der Waals surface area contributed by atoms with E-state index in [2.05, 4.69) is 37.1 Å². The summed E-state index contributed by atoms with van der Waals surface area (Å²) in [7, 11) is 1.80. The Kier molecular flexibility index (Phi) is 9.85. The molecular formula is C15H25IN6S. The molecule has 23 heavy (non-hydrogen) atoms. The fourth-order valence-corrected chi connectivity index (χ4v) is 2.88. The van der Waals surface area contributed by atoms with E-state index >= 15 is 0 Å². The van der Waals surface area contributed by atoms with Crippen molar-refractivity contribution in [2.45, 2.75) is 32.7 Å². The van der Waals surface area contributed by atoms with E-state index in [0.717, 1.165) is 44.9 Å². The summed E-state index contributed by atoms with van der Waals surface area (Å²) in [6.07, 6.45) is 10.6. The first-order chi connectivity index (χ1) is 10.8. The van der Waals surface area contributed by atoms with Gasteiger partial charge in [-0.3, -0.25) is 4.99 Å². The van der Waals surface area contributed by atoms with Crippen molar-refractivity contribution in [2.24, 2.45) is 4.99 Å². The number of hydrogen-bond acceptors (Lipinski definition) is 4. The summed E-state index contributed by atoms with van der Waals surface area (Å²) < 4.78 is 2.08. The first-order valence-electron chi connectivity index (χ1n) is 7.65. The fraction of sp³-hybridized carbons (Fsp3) is 0.533. The summed E-state index contributed by atoms with van der Waals surface area (Å²) >= 11 is 1.79. The third-order valence-electron chi connectivity index (χ3n) is 3.25. The highest BCUT2D eigenvalue weighted by Gasteiger charge is 2.02. The Bertz CT molecular complexity index is 566. The predicted octanol–water partition coefficient (Wildman–Crippen LogP) is 2.32. The van der Waals surface area contributed by atoms with E-state index in [4.69, 9.17) is 0 Å². The van der Waals surface area contributed by atoms with Gasteiger partial charge in [0.15, 0.2) is 5.96 Å². The molecule has 8 heteroatoms. The zero-order valence-electron chi connectivity index (χ0n) is 13.7. The Hall–Kier alpha value is -1.16. The van der Waals surface area contributed by atoms with Crippen molar-refractivity contribution in [1.82, 2.24) is 25.2 Å². The molecule has 128 valence electrons. The van der Waals surface area contributed by atoms with Crippen LogP contribution in [0.2, 0.25) is 0 Å². The molecule has 0 unspecified atom stereocenters. The highest BCUT2D eigenvalue weighted by molar-refractivity contribution is 14.0. The summed E-state index contributed by atoms with van der Waals surface area (Å²) in [4.78, 5) is 14.0. The maximum absolute atomic E-state index is 4.42. The fourth-order valence-electron chi connectivity index (χ4n) is 2.02. The van der Waals surface area contributed by atoms with Gasteiger partial charge in [-0.2, -0.15) is 0 Å². The first kappa shape index (κ1) is 19.9. The molecule has 2 heterocycles. The minimum atomic E-state index is 0. The van der Waals surface area contributed by atoms with Crippen molar-refractivity contribution in [3.8, 4) is 0 Å². The van der Waals surface area contributed by atoms with Crippen LogP contribution in [0.25, 0.3) is 0 Å². The Labute approximate surface area is 158 Å². The number of nitrogens with one attached hydrogen (secondary N) is 2. The van der Waals surface area contributed by atoms with Crippen LogP contribution in [-0.4, -0.2) is 40.6 Å². The van der Waals surface area contributed by atoms with Gasteiger partial charge < -0.3 is 15.2 Å². The van der Waals surface area contributed by atoms with Crippen LogP contribution in [0.15, 0.2) is 29.9 Å². The minimum absolute atomic E-state index is 0. The number of thiazole rings is 1. The predicted molar refractivity (Wildman–Crippen MR) is 107 cm³/mol. The highest BCUT2D eigenvalue weighted by Crippen LogP contribution is 2.13. The highest BCUT2D eigenvalue weighted by atomic mass is 127. The number of halogens is 1. The molecular weight excluding hydrogens is 423 g/mol. The molecule has 0 saturated heterocycles. The molecule has 0 radical (unpaired) electrons. The average Bonchev–Trinajstić information content (AvgIpc) is 3.21.